The number of benzene rings is 2. The minimum Gasteiger partial charge on any atom is -0.493 e. The normalized spacial score (nSPS) is 11.4. The molecule has 0 aromatic heterocycles. The monoisotopic (exact) mass is 359 g/mol. The van der Waals surface area contributed by atoms with Crippen molar-refractivity contribution >= 4 is 5.91 Å². The van der Waals surface area contributed by atoms with Gasteiger partial charge in [-0.25, -0.2) is 0 Å². The van der Waals surface area contributed by atoms with Crippen molar-refractivity contribution < 1.29 is 23.7 Å². The molecule has 2 aromatic rings. The highest BCUT2D eigenvalue weighted by Crippen LogP contribution is 2.38. The lowest BCUT2D eigenvalue weighted by molar-refractivity contribution is 0.0926. The van der Waals surface area contributed by atoms with Crippen molar-refractivity contribution in [3.05, 3.63) is 47.5 Å². The predicted molar refractivity (Wildman–Crippen MR) is 99.7 cm³/mol. The van der Waals surface area contributed by atoms with Gasteiger partial charge in [0.05, 0.1) is 27.4 Å². The van der Waals surface area contributed by atoms with Crippen LogP contribution in [-0.2, 0) is 0 Å². The van der Waals surface area contributed by atoms with E-state index in [-0.39, 0.29) is 11.9 Å². The van der Waals surface area contributed by atoms with Gasteiger partial charge in [0.25, 0.3) is 5.91 Å². The van der Waals surface area contributed by atoms with Crippen molar-refractivity contribution in [2.24, 2.45) is 0 Å². The highest BCUT2D eigenvalue weighted by Gasteiger charge is 2.18. The summed E-state index contributed by atoms with van der Waals surface area (Å²) in [4.78, 5) is 12.5. The van der Waals surface area contributed by atoms with Crippen molar-refractivity contribution in [2.45, 2.75) is 19.9 Å². The Kier molecular flexibility index (Phi) is 6.72. The lowest BCUT2D eigenvalue weighted by atomic mass is 10.1. The fraction of sp³-hybridized carbons (Fsp3) is 0.350. The van der Waals surface area contributed by atoms with Crippen molar-refractivity contribution in [2.75, 3.05) is 27.9 Å². The smallest absolute Gasteiger partial charge is 0.251 e. The number of ether oxygens (including phenoxy) is 4. The third-order valence-corrected chi connectivity index (χ3v) is 3.83. The van der Waals surface area contributed by atoms with Crippen molar-refractivity contribution in [3.8, 4) is 23.0 Å². The van der Waals surface area contributed by atoms with Crippen LogP contribution in [0.4, 0.5) is 0 Å². The molecule has 0 aliphatic carbocycles. The summed E-state index contributed by atoms with van der Waals surface area (Å²) < 4.78 is 21.5. The first kappa shape index (κ1) is 19.4. The maximum absolute atomic E-state index is 12.5. The molecule has 2 aromatic carbocycles. The molecule has 0 unspecified atom stereocenters. The van der Waals surface area contributed by atoms with Gasteiger partial charge in [-0.1, -0.05) is 17.7 Å². The number of rotatable bonds is 8. The maximum Gasteiger partial charge on any atom is 0.251 e. The van der Waals surface area contributed by atoms with Gasteiger partial charge in [0, 0.05) is 5.56 Å². The van der Waals surface area contributed by atoms with Crippen LogP contribution in [0.2, 0.25) is 0 Å². The molecule has 0 saturated carbocycles. The zero-order valence-corrected chi connectivity index (χ0v) is 15.8. The van der Waals surface area contributed by atoms with Crippen LogP contribution >= 0.6 is 0 Å². The minimum absolute atomic E-state index is 0.178. The standard InChI is InChI=1S/C20H25NO5/c1-13-6-8-16(9-7-13)26-12-14(2)21-20(22)15-10-17(23-3)19(25-5)18(11-15)24-4/h6-11,14H,12H2,1-5H3,(H,21,22)/t14-/m0/s1. The summed E-state index contributed by atoms with van der Waals surface area (Å²) in [6, 6.07) is 10.8. The van der Waals surface area contributed by atoms with Crippen molar-refractivity contribution in [1.29, 1.82) is 0 Å². The second kappa shape index (κ2) is 8.99. The molecular weight excluding hydrogens is 334 g/mol. The van der Waals surface area contributed by atoms with Gasteiger partial charge < -0.3 is 24.3 Å². The summed E-state index contributed by atoms with van der Waals surface area (Å²) in [5.41, 5.74) is 1.59. The number of methoxy groups -OCH3 is 3. The molecule has 0 aliphatic rings. The molecule has 26 heavy (non-hydrogen) atoms. The summed E-state index contributed by atoms with van der Waals surface area (Å²) in [6.07, 6.45) is 0. The Balaban J connectivity index is 2.03. The molecule has 0 spiro atoms. The molecule has 6 heteroatoms. The van der Waals surface area contributed by atoms with Gasteiger partial charge in [-0.15, -0.1) is 0 Å². The minimum atomic E-state index is -0.246. The van der Waals surface area contributed by atoms with E-state index in [0.717, 1.165) is 5.75 Å². The van der Waals surface area contributed by atoms with Crippen LogP contribution in [0.1, 0.15) is 22.8 Å². The number of hydrogen-bond donors (Lipinski definition) is 1. The van der Waals surface area contributed by atoms with E-state index in [9.17, 15) is 4.79 Å². The third kappa shape index (κ3) is 4.81. The second-order valence-electron chi connectivity index (χ2n) is 5.91. The Labute approximate surface area is 154 Å². The quantitative estimate of drug-likeness (QED) is 0.784. The number of carbonyl (C=O) groups excluding carboxylic acids is 1. The van der Waals surface area contributed by atoms with E-state index in [1.807, 2.05) is 38.1 Å². The van der Waals surface area contributed by atoms with Gasteiger partial charge in [0.2, 0.25) is 5.75 Å². The van der Waals surface area contributed by atoms with Crippen LogP contribution in [0.25, 0.3) is 0 Å². The molecule has 1 N–H and O–H groups in total. The zero-order valence-electron chi connectivity index (χ0n) is 15.8. The van der Waals surface area contributed by atoms with Crippen LogP contribution < -0.4 is 24.3 Å². The summed E-state index contributed by atoms with van der Waals surface area (Å²) in [5, 5.41) is 2.90. The Morgan fingerprint density at radius 3 is 2.08 bits per heavy atom. The second-order valence-corrected chi connectivity index (χ2v) is 5.91. The van der Waals surface area contributed by atoms with Gasteiger partial charge in [-0.05, 0) is 38.1 Å². The highest BCUT2D eigenvalue weighted by atomic mass is 16.5. The van der Waals surface area contributed by atoms with Crippen molar-refractivity contribution in [1.82, 2.24) is 5.32 Å². The summed E-state index contributed by atoms with van der Waals surface area (Å²) >= 11 is 0. The predicted octanol–water partition coefficient (Wildman–Crippen LogP) is 3.22. The lowest BCUT2D eigenvalue weighted by Gasteiger charge is -2.17. The zero-order chi connectivity index (χ0) is 19.1. The average Bonchev–Trinajstić information content (AvgIpc) is 2.66. The van der Waals surface area contributed by atoms with Crippen LogP contribution in [-0.4, -0.2) is 39.9 Å². The van der Waals surface area contributed by atoms with Gasteiger partial charge >= 0.3 is 0 Å². The first-order chi connectivity index (χ1) is 12.5. The molecule has 0 saturated heterocycles. The fourth-order valence-corrected chi connectivity index (χ4v) is 2.42. The number of amides is 1. The van der Waals surface area contributed by atoms with Crippen LogP contribution in [0, 0.1) is 6.92 Å². The summed E-state index contributed by atoms with van der Waals surface area (Å²) in [5.74, 6) is 1.83. The fourth-order valence-electron chi connectivity index (χ4n) is 2.42. The van der Waals surface area contributed by atoms with E-state index >= 15 is 0 Å². The molecule has 1 amide bonds. The largest absolute Gasteiger partial charge is 0.493 e. The van der Waals surface area contributed by atoms with E-state index in [1.165, 1.54) is 26.9 Å². The van der Waals surface area contributed by atoms with Gasteiger partial charge in [0.1, 0.15) is 12.4 Å². The molecular formula is C20H25NO5. The van der Waals surface area contributed by atoms with Gasteiger partial charge in [0.15, 0.2) is 11.5 Å². The molecule has 6 nitrogen and oxygen atoms in total. The Morgan fingerprint density at radius 2 is 1.58 bits per heavy atom. The molecule has 0 radical (unpaired) electrons. The third-order valence-electron chi connectivity index (χ3n) is 3.83. The first-order valence-electron chi connectivity index (χ1n) is 8.28. The number of nitrogens with one attached hydrogen (secondary N) is 1. The number of carbonyl (C=O) groups is 1. The summed E-state index contributed by atoms with van der Waals surface area (Å²) in [6.45, 7) is 4.26. The van der Waals surface area contributed by atoms with Crippen molar-refractivity contribution in [3.63, 3.8) is 0 Å². The van der Waals surface area contributed by atoms with Gasteiger partial charge in [-0.2, -0.15) is 0 Å². The molecule has 0 bridgehead atoms. The van der Waals surface area contributed by atoms with E-state index < -0.39 is 0 Å². The lowest BCUT2D eigenvalue weighted by Crippen LogP contribution is -2.36. The molecule has 1 atom stereocenters. The molecule has 0 aliphatic heterocycles. The highest BCUT2D eigenvalue weighted by molar-refractivity contribution is 5.95. The Hall–Kier alpha value is -2.89. The van der Waals surface area contributed by atoms with E-state index in [4.69, 9.17) is 18.9 Å². The van der Waals surface area contributed by atoms with Gasteiger partial charge in [-0.3, -0.25) is 4.79 Å². The van der Waals surface area contributed by atoms with E-state index in [2.05, 4.69) is 5.32 Å². The average molecular weight is 359 g/mol. The molecule has 0 fully saturated rings. The van der Waals surface area contributed by atoms with E-state index in [0.29, 0.717) is 29.4 Å². The SMILES string of the molecule is COc1cc(C(=O)N[C@@H](C)COc2ccc(C)cc2)cc(OC)c1OC. The number of aryl methyl sites for hydroxylation is 1. The molecule has 2 rings (SSSR count). The molecule has 0 heterocycles. The Bertz CT molecular complexity index is 717. The Morgan fingerprint density at radius 1 is 1.00 bits per heavy atom. The van der Waals surface area contributed by atoms with E-state index in [1.54, 1.807) is 12.1 Å². The van der Waals surface area contributed by atoms with Crippen LogP contribution in [0.15, 0.2) is 36.4 Å². The topological polar surface area (TPSA) is 66.0 Å². The maximum atomic E-state index is 12.5. The molecule has 140 valence electrons. The number of hydrogen-bond acceptors (Lipinski definition) is 5. The first-order valence-corrected chi connectivity index (χ1v) is 8.28. The van der Waals surface area contributed by atoms with Crippen LogP contribution in [0.5, 0.6) is 23.0 Å². The summed E-state index contributed by atoms with van der Waals surface area (Å²) in [7, 11) is 4.54. The van der Waals surface area contributed by atoms with Crippen LogP contribution in [0.3, 0.4) is 0 Å².